The Morgan fingerprint density at radius 3 is 2.38 bits per heavy atom. The molecule has 0 spiro atoms. The molecule has 136 valence electrons. The van der Waals surface area contributed by atoms with E-state index < -0.39 is 17.7 Å². The second-order valence-corrected chi connectivity index (χ2v) is 5.48. The minimum absolute atomic E-state index is 0.0148. The van der Waals surface area contributed by atoms with Gasteiger partial charge in [-0.2, -0.15) is 13.2 Å². The first kappa shape index (κ1) is 17.7. The lowest BCUT2D eigenvalue weighted by atomic mass is 10.1. The Morgan fingerprint density at radius 1 is 1.12 bits per heavy atom. The lowest BCUT2D eigenvalue weighted by molar-refractivity contribution is -0.137. The second-order valence-electron chi connectivity index (χ2n) is 5.48. The molecule has 0 amide bonds. The molecule has 0 radical (unpaired) electrons. The lowest BCUT2D eigenvalue weighted by Crippen LogP contribution is -2.08. The molecule has 2 heterocycles. The van der Waals surface area contributed by atoms with E-state index in [0.29, 0.717) is 17.1 Å². The van der Waals surface area contributed by atoms with Gasteiger partial charge in [-0.1, -0.05) is 0 Å². The van der Waals surface area contributed by atoms with E-state index in [0.717, 1.165) is 24.3 Å². The lowest BCUT2D eigenvalue weighted by Gasteiger charge is -2.07. The Hall–Kier alpha value is -3.10. The summed E-state index contributed by atoms with van der Waals surface area (Å²) in [5.74, 6) is 0.776. The van der Waals surface area contributed by atoms with E-state index in [-0.39, 0.29) is 24.0 Å². The van der Waals surface area contributed by atoms with Gasteiger partial charge in [-0.05, 0) is 44.2 Å². The first-order chi connectivity index (χ1) is 12.2. The Balaban J connectivity index is 1.64. The molecule has 0 bridgehead atoms. The van der Waals surface area contributed by atoms with Gasteiger partial charge in [0.05, 0.1) is 16.7 Å². The van der Waals surface area contributed by atoms with E-state index in [4.69, 9.17) is 13.6 Å². The van der Waals surface area contributed by atoms with Gasteiger partial charge in [0.2, 0.25) is 0 Å². The monoisotopic (exact) mass is 366 g/mol. The minimum Gasteiger partial charge on any atom is -0.466 e. The van der Waals surface area contributed by atoms with Crippen LogP contribution in [0.1, 0.15) is 33.3 Å². The predicted molar refractivity (Wildman–Crippen MR) is 82.0 cm³/mol. The smallest absolute Gasteiger partial charge is 0.416 e. The first-order valence-electron chi connectivity index (χ1n) is 7.48. The van der Waals surface area contributed by atoms with Crippen LogP contribution in [0.4, 0.5) is 13.2 Å². The molecule has 6 nitrogen and oxygen atoms in total. The molecule has 0 unspecified atom stereocenters. The highest BCUT2D eigenvalue weighted by Crippen LogP contribution is 2.29. The molecule has 0 aliphatic rings. The van der Waals surface area contributed by atoms with Gasteiger partial charge in [-0.25, -0.2) is 4.79 Å². The van der Waals surface area contributed by atoms with Gasteiger partial charge in [0.25, 0.3) is 11.8 Å². The van der Waals surface area contributed by atoms with Gasteiger partial charge < -0.3 is 13.6 Å². The zero-order valence-corrected chi connectivity index (χ0v) is 13.8. The summed E-state index contributed by atoms with van der Waals surface area (Å²) in [4.78, 5) is 11.9. The highest BCUT2D eigenvalue weighted by Gasteiger charge is 2.30. The molecule has 3 aromatic rings. The molecule has 0 atom stereocenters. The number of furan rings is 1. The summed E-state index contributed by atoms with van der Waals surface area (Å²) in [6.07, 6.45) is -4.47. The van der Waals surface area contributed by atoms with Crippen LogP contribution in [0, 0.1) is 13.8 Å². The van der Waals surface area contributed by atoms with E-state index in [1.54, 1.807) is 19.9 Å². The van der Waals surface area contributed by atoms with Crippen LogP contribution in [0.25, 0.3) is 11.5 Å². The van der Waals surface area contributed by atoms with Crippen LogP contribution in [-0.2, 0) is 17.5 Å². The summed E-state index contributed by atoms with van der Waals surface area (Å²) < 4.78 is 53.3. The van der Waals surface area contributed by atoms with Crippen molar-refractivity contribution in [2.24, 2.45) is 0 Å². The largest absolute Gasteiger partial charge is 0.466 e. The summed E-state index contributed by atoms with van der Waals surface area (Å²) in [6.45, 7) is 3.22. The summed E-state index contributed by atoms with van der Waals surface area (Å²) >= 11 is 0. The zero-order chi connectivity index (χ0) is 18.9. The van der Waals surface area contributed by atoms with Crippen molar-refractivity contribution in [3.63, 3.8) is 0 Å². The van der Waals surface area contributed by atoms with E-state index in [1.807, 2.05) is 0 Å². The van der Waals surface area contributed by atoms with Crippen molar-refractivity contribution in [3.05, 3.63) is 58.9 Å². The maximum Gasteiger partial charge on any atom is 0.416 e. The number of esters is 1. The molecule has 0 fully saturated rings. The van der Waals surface area contributed by atoms with Crippen LogP contribution in [0.15, 0.2) is 39.2 Å². The number of nitrogens with zero attached hydrogens (tertiary/aromatic N) is 2. The average Bonchev–Trinajstić information content (AvgIpc) is 3.18. The maximum absolute atomic E-state index is 12.5. The molecule has 26 heavy (non-hydrogen) atoms. The molecular formula is C17H13F3N2O4. The Kier molecular flexibility index (Phi) is 4.54. The normalized spacial score (nSPS) is 11.6. The number of rotatable bonds is 4. The van der Waals surface area contributed by atoms with Crippen molar-refractivity contribution < 1.29 is 31.5 Å². The Bertz CT molecular complexity index is 926. The van der Waals surface area contributed by atoms with Crippen LogP contribution in [0.5, 0.6) is 0 Å². The van der Waals surface area contributed by atoms with E-state index >= 15 is 0 Å². The van der Waals surface area contributed by atoms with E-state index in [9.17, 15) is 18.0 Å². The summed E-state index contributed by atoms with van der Waals surface area (Å²) in [5.41, 5.74) is -0.226. The van der Waals surface area contributed by atoms with Crippen LogP contribution < -0.4 is 0 Å². The highest BCUT2D eigenvalue weighted by molar-refractivity contribution is 5.89. The van der Waals surface area contributed by atoms with Gasteiger partial charge in [0.15, 0.2) is 6.61 Å². The standard InChI is InChI=1S/C17H13F3N2O4/c1-9-7-13(10(2)25-9)15-22-21-14(26-15)8-24-16(23)11-3-5-12(6-4-11)17(18,19)20/h3-7H,8H2,1-2H3. The number of benzene rings is 1. The number of ether oxygens (including phenoxy) is 1. The highest BCUT2D eigenvalue weighted by atomic mass is 19.4. The summed E-state index contributed by atoms with van der Waals surface area (Å²) in [7, 11) is 0. The summed E-state index contributed by atoms with van der Waals surface area (Å²) in [6, 6.07) is 5.45. The topological polar surface area (TPSA) is 78.4 Å². The van der Waals surface area contributed by atoms with E-state index in [1.165, 1.54) is 0 Å². The number of hydrogen-bond acceptors (Lipinski definition) is 6. The fraction of sp³-hybridized carbons (Fsp3) is 0.235. The van der Waals surface area contributed by atoms with Gasteiger partial charge >= 0.3 is 12.1 Å². The van der Waals surface area contributed by atoms with Gasteiger partial charge in [0.1, 0.15) is 11.5 Å². The number of halogens is 3. The number of aromatic nitrogens is 2. The van der Waals surface area contributed by atoms with Gasteiger partial charge in [-0.3, -0.25) is 0 Å². The molecule has 2 aromatic heterocycles. The third-order valence-corrected chi connectivity index (χ3v) is 3.51. The Morgan fingerprint density at radius 2 is 1.81 bits per heavy atom. The number of carbonyl (C=O) groups is 1. The molecule has 9 heteroatoms. The molecule has 0 N–H and O–H groups in total. The van der Waals surface area contributed by atoms with Crippen LogP contribution in [-0.4, -0.2) is 16.2 Å². The van der Waals surface area contributed by atoms with Crippen molar-refractivity contribution >= 4 is 5.97 Å². The number of hydrogen-bond donors (Lipinski definition) is 0. The Labute approximate surface area is 145 Å². The van der Waals surface area contributed by atoms with Gasteiger partial charge in [0, 0.05) is 0 Å². The summed E-state index contributed by atoms with van der Waals surface area (Å²) in [5, 5.41) is 7.63. The van der Waals surface area contributed by atoms with Crippen LogP contribution >= 0.6 is 0 Å². The second kappa shape index (κ2) is 6.66. The van der Waals surface area contributed by atoms with Crippen molar-refractivity contribution in [1.82, 2.24) is 10.2 Å². The van der Waals surface area contributed by atoms with Crippen molar-refractivity contribution in [1.29, 1.82) is 0 Å². The molecule has 1 aromatic carbocycles. The van der Waals surface area contributed by atoms with Crippen LogP contribution in [0.3, 0.4) is 0 Å². The molecular weight excluding hydrogens is 353 g/mol. The predicted octanol–water partition coefficient (Wildman–Crippen LogP) is 4.32. The van der Waals surface area contributed by atoms with Crippen molar-refractivity contribution in [3.8, 4) is 11.5 Å². The number of carbonyl (C=O) groups excluding carboxylic acids is 1. The zero-order valence-electron chi connectivity index (χ0n) is 13.8. The molecule has 3 rings (SSSR count). The molecule has 0 saturated carbocycles. The maximum atomic E-state index is 12.5. The fourth-order valence-corrected chi connectivity index (χ4v) is 2.27. The third-order valence-electron chi connectivity index (χ3n) is 3.51. The fourth-order valence-electron chi connectivity index (χ4n) is 2.27. The van der Waals surface area contributed by atoms with Crippen molar-refractivity contribution in [2.45, 2.75) is 26.6 Å². The minimum atomic E-state index is -4.47. The molecule has 0 aliphatic carbocycles. The average molecular weight is 366 g/mol. The SMILES string of the molecule is Cc1cc(-c2nnc(COC(=O)c3ccc(C(F)(F)F)cc3)o2)c(C)o1. The van der Waals surface area contributed by atoms with E-state index in [2.05, 4.69) is 10.2 Å². The van der Waals surface area contributed by atoms with Gasteiger partial charge in [-0.15, -0.1) is 10.2 Å². The first-order valence-corrected chi connectivity index (χ1v) is 7.48. The number of aryl methyl sites for hydroxylation is 2. The number of alkyl halides is 3. The molecule has 0 saturated heterocycles. The van der Waals surface area contributed by atoms with Crippen molar-refractivity contribution in [2.75, 3.05) is 0 Å². The molecule has 0 aliphatic heterocycles. The third kappa shape index (κ3) is 3.76. The quantitative estimate of drug-likeness (QED) is 0.640. The van der Waals surface area contributed by atoms with Crippen LogP contribution in [0.2, 0.25) is 0 Å².